The Kier molecular flexibility index (Phi) is 4.65. The van der Waals surface area contributed by atoms with Crippen LogP contribution < -0.4 is 10.6 Å². The van der Waals surface area contributed by atoms with Crippen LogP contribution in [0.4, 0.5) is 10.2 Å². The smallest absolute Gasteiger partial charge is 0.255 e. The zero-order valence-corrected chi connectivity index (χ0v) is 11.2. The van der Waals surface area contributed by atoms with Gasteiger partial charge in [-0.1, -0.05) is 30.3 Å². The first-order valence-electron chi connectivity index (χ1n) is 6.36. The van der Waals surface area contributed by atoms with Crippen molar-refractivity contribution >= 4 is 11.7 Å². The van der Waals surface area contributed by atoms with Gasteiger partial charge in [0.2, 0.25) is 0 Å². The Morgan fingerprint density at radius 2 is 2.05 bits per heavy atom. The predicted molar refractivity (Wildman–Crippen MR) is 76.2 cm³/mol. The molecule has 0 unspecified atom stereocenters. The van der Waals surface area contributed by atoms with E-state index in [9.17, 15) is 9.18 Å². The number of hydrogen-bond donors (Lipinski definition) is 2. The van der Waals surface area contributed by atoms with E-state index in [4.69, 9.17) is 0 Å². The van der Waals surface area contributed by atoms with Crippen molar-refractivity contribution in [2.45, 2.75) is 6.42 Å². The van der Waals surface area contributed by atoms with Crippen molar-refractivity contribution in [3.63, 3.8) is 0 Å². The van der Waals surface area contributed by atoms with E-state index in [0.717, 1.165) is 18.2 Å². The maximum Gasteiger partial charge on any atom is 0.255 e. The van der Waals surface area contributed by atoms with Crippen LogP contribution >= 0.6 is 0 Å². The molecule has 0 bridgehead atoms. The van der Waals surface area contributed by atoms with Gasteiger partial charge in [-0.05, 0) is 18.1 Å². The second-order valence-corrected chi connectivity index (χ2v) is 4.29. The van der Waals surface area contributed by atoms with Crippen LogP contribution in [-0.4, -0.2) is 24.5 Å². The molecule has 0 aliphatic carbocycles. The highest BCUT2D eigenvalue weighted by Gasteiger charge is 2.12. The molecule has 0 fully saturated rings. The minimum atomic E-state index is -0.530. The first-order valence-corrected chi connectivity index (χ1v) is 6.36. The van der Waals surface area contributed by atoms with E-state index in [0.29, 0.717) is 12.4 Å². The molecule has 0 atom stereocenters. The largest absolute Gasteiger partial charge is 0.372 e. The molecule has 0 aliphatic heterocycles. The summed E-state index contributed by atoms with van der Waals surface area (Å²) in [5.41, 5.74) is 1.35. The molecular weight excluding hydrogens is 257 g/mol. The summed E-state index contributed by atoms with van der Waals surface area (Å²) in [7, 11) is 1.64. The molecule has 0 saturated carbocycles. The van der Waals surface area contributed by atoms with Crippen molar-refractivity contribution < 1.29 is 9.18 Å². The van der Waals surface area contributed by atoms with E-state index in [1.807, 2.05) is 30.3 Å². The van der Waals surface area contributed by atoms with Gasteiger partial charge in [-0.2, -0.15) is 0 Å². The second-order valence-electron chi connectivity index (χ2n) is 4.29. The number of nitrogens with one attached hydrogen (secondary N) is 2. The average molecular weight is 273 g/mol. The van der Waals surface area contributed by atoms with Gasteiger partial charge in [-0.25, -0.2) is 9.37 Å². The van der Waals surface area contributed by atoms with Crippen molar-refractivity contribution in [3.05, 3.63) is 59.5 Å². The molecule has 2 aromatic rings. The van der Waals surface area contributed by atoms with Crippen LogP contribution in [0.1, 0.15) is 15.9 Å². The van der Waals surface area contributed by atoms with Gasteiger partial charge >= 0.3 is 0 Å². The van der Waals surface area contributed by atoms with Gasteiger partial charge in [-0.15, -0.1) is 0 Å². The molecule has 20 heavy (non-hydrogen) atoms. The molecule has 2 N–H and O–H groups in total. The summed E-state index contributed by atoms with van der Waals surface area (Å²) in [6.07, 6.45) is 1.80. The predicted octanol–water partition coefficient (Wildman–Crippen LogP) is 2.23. The Bertz CT molecular complexity index is 587. The lowest BCUT2D eigenvalue weighted by molar-refractivity contribution is 0.0954. The van der Waals surface area contributed by atoms with E-state index in [1.165, 1.54) is 6.07 Å². The lowest BCUT2D eigenvalue weighted by Gasteiger charge is -2.09. The molecule has 0 spiro atoms. The summed E-state index contributed by atoms with van der Waals surface area (Å²) in [5.74, 6) is -0.502. The van der Waals surface area contributed by atoms with E-state index in [2.05, 4.69) is 15.6 Å². The number of carbonyl (C=O) groups excluding carboxylic acids is 1. The van der Waals surface area contributed by atoms with Crippen LogP contribution in [0.3, 0.4) is 0 Å². The van der Waals surface area contributed by atoms with E-state index < -0.39 is 5.82 Å². The standard InChI is InChI=1S/C15H16FN3O/c1-17-14-13(9-12(16)10-19-14)15(20)18-8-7-11-5-3-2-4-6-11/h2-6,9-10H,7-8H2,1H3,(H,17,19)(H,18,20). The van der Waals surface area contributed by atoms with Crippen LogP contribution in [0.25, 0.3) is 0 Å². The average Bonchev–Trinajstić information content (AvgIpc) is 2.48. The molecule has 0 radical (unpaired) electrons. The maximum absolute atomic E-state index is 13.2. The van der Waals surface area contributed by atoms with Crippen molar-refractivity contribution in [1.82, 2.24) is 10.3 Å². The van der Waals surface area contributed by atoms with Gasteiger partial charge in [0.25, 0.3) is 5.91 Å². The Morgan fingerprint density at radius 1 is 1.30 bits per heavy atom. The molecule has 1 aromatic heterocycles. The normalized spacial score (nSPS) is 10.1. The third kappa shape index (κ3) is 3.54. The number of halogens is 1. The number of aromatic nitrogens is 1. The third-order valence-corrected chi connectivity index (χ3v) is 2.88. The molecule has 0 aliphatic rings. The summed E-state index contributed by atoms with van der Waals surface area (Å²) < 4.78 is 13.2. The first kappa shape index (κ1) is 14.0. The van der Waals surface area contributed by atoms with Crippen molar-refractivity contribution in [1.29, 1.82) is 0 Å². The van der Waals surface area contributed by atoms with Crippen LogP contribution in [0.15, 0.2) is 42.6 Å². The molecule has 2 rings (SSSR count). The van der Waals surface area contributed by atoms with Crippen LogP contribution in [0.2, 0.25) is 0 Å². The number of pyridine rings is 1. The zero-order valence-electron chi connectivity index (χ0n) is 11.2. The quantitative estimate of drug-likeness (QED) is 0.878. The molecular formula is C15H16FN3O. The molecule has 1 heterocycles. The lowest BCUT2D eigenvalue weighted by Crippen LogP contribution is -2.26. The van der Waals surface area contributed by atoms with Gasteiger partial charge in [0.15, 0.2) is 0 Å². The summed E-state index contributed by atoms with van der Waals surface area (Å²) in [6, 6.07) is 11.0. The molecule has 4 nitrogen and oxygen atoms in total. The molecule has 1 aromatic carbocycles. The van der Waals surface area contributed by atoms with Gasteiger partial charge < -0.3 is 10.6 Å². The van der Waals surface area contributed by atoms with Gasteiger partial charge in [0.1, 0.15) is 11.6 Å². The van der Waals surface area contributed by atoms with Gasteiger partial charge in [0.05, 0.1) is 11.8 Å². The molecule has 5 heteroatoms. The summed E-state index contributed by atoms with van der Waals surface area (Å²) in [5, 5.41) is 5.54. The summed E-state index contributed by atoms with van der Waals surface area (Å²) in [4.78, 5) is 15.8. The third-order valence-electron chi connectivity index (χ3n) is 2.88. The lowest BCUT2D eigenvalue weighted by atomic mass is 10.1. The minimum Gasteiger partial charge on any atom is -0.372 e. The highest BCUT2D eigenvalue weighted by Crippen LogP contribution is 2.12. The number of carbonyl (C=O) groups is 1. The van der Waals surface area contributed by atoms with Crippen molar-refractivity contribution in [2.75, 3.05) is 18.9 Å². The molecule has 0 saturated heterocycles. The Hall–Kier alpha value is -2.43. The maximum atomic E-state index is 13.2. The van der Waals surface area contributed by atoms with E-state index in [-0.39, 0.29) is 11.5 Å². The van der Waals surface area contributed by atoms with E-state index in [1.54, 1.807) is 7.05 Å². The number of anilines is 1. The number of amides is 1. The Labute approximate surface area is 117 Å². The molecule has 1 amide bonds. The number of hydrogen-bond acceptors (Lipinski definition) is 3. The number of rotatable bonds is 5. The zero-order chi connectivity index (χ0) is 14.4. The summed E-state index contributed by atoms with van der Waals surface area (Å²) >= 11 is 0. The summed E-state index contributed by atoms with van der Waals surface area (Å²) in [6.45, 7) is 0.489. The van der Waals surface area contributed by atoms with Gasteiger partial charge in [-0.3, -0.25) is 4.79 Å². The SMILES string of the molecule is CNc1ncc(F)cc1C(=O)NCCc1ccccc1. The fourth-order valence-electron chi connectivity index (χ4n) is 1.87. The number of benzene rings is 1. The van der Waals surface area contributed by atoms with Crippen molar-refractivity contribution in [2.24, 2.45) is 0 Å². The Morgan fingerprint density at radius 3 is 2.75 bits per heavy atom. The van der Waals surface area contributed by atoms with Crippen LogP contribution in [-0.2, 0) is 6.42 Å². The highest BCUT2D eigenvalue weighted by atomic mass is 19.1. The van der Waals surface area contributed by atoms with Gasteiger partial charge in [0, 0.05) is 13.6 Å². The minimum absolute atomic E-state index is 0.209. The molecule has 104 valence electrons. The monoisotopic (exact) mass is 273 g/mol. The number of nitrogens with zero attached hydrogens (tertiary/aromatic N) is 1. The van der Waals surface area contributed by atoms with Crippen molar-refractivity contribution in [3.8, 4) is 0 Å². The fraction of sp³-hybridized carbons (Fsp3) is 0.200. The van der Waals surface area contributed by atoms with E-state index >= 15 is 0 Å². The second kappa shape index (κ2) is 6.65. The topological polar surface area (TPSA) is 54.0 Å². The Balaban J connectivity index is 1.97. The van der Waals surface area contributed by atoms with Crippen LogP contribution in [0, 0.1) is 5.82 Å². The van der Waals surface area contributed by atoms with Crippen LogP contribution in [0.5, 0.6) is 0 Å². The highest BCUT2D eigenvalue weighted by molar-refractivity contribution is 5.98. The first-order chi connectivity index (χ1) is 9.70. The fourth-order valence-corrected chi connectivity index (χ4v) is 1.87.